The van der Waals surface area contributed by atoms with Crippen molar-refractivity contribution < 1.29 is 34.2 Å². The number of carbonyl (C=O) groups excluding carboxylic acids is 4. The lowest BCUT2D eigenvalue weighted by atomic mass is 10.0. The number of nitrogens with two attached hydrogens (primary N) is 2. The van der Waals surface area contributed by atoms with E-state index in [4.69, 9.17) is 16.6 Å². The Morgan fingerprint density at radius 2 is 1.61 bits per heavy atom. The first-order valence-corrected chi connectivity index (χ1v) is 9.37. The Morgan fingerprint density at radius 1 is 1.00 bits per heavy atom. The number of aliphatic hydroxyl groups is 1. The van der Waals surface area contributed by atoms with Crippen LogP contribution in [-0.4, -0.2) is 70.6 Å². The maximum absolute atomic E-state index is 12.7. The van der Waals surface area contributed by atoms with Crippen molar-refractivity contribution in [1.29, 1.82) is 0 Å². The first-order chi connectivity index (χ1) is 14.5. The van der Waals surface area contributed by atoms with E-state index in [-0.39, 0.29) is 6.42 Å². The van der Waals surface area contributed by atoms with Gasteiger partial charge in [0.1, 0.15) is 18.6 Å². The van der Waals surface area contributed by atoms with Crippen LogP contribution in [0.2, 0.25) is 0 Å². The molecule has 170 valence electrons. The Morgan fingerprint density at radius 3 is 2.13 bits per heavy atom. The molecule has 12 heteroatoms. The Balaban J connectivity index is 2.95. The van der Waals surface area contributed by atoms with Crippen LogP contribution in [0.1, 0.15) is 18.9 Å². The van der Waals surface area contributed by atoms with E-state index in [1.54, 1.807) is 30.3 Å². The lowest BCUT2D eigenvalue weighted by Gasteiger charge is -2.25. The van der Waals surface area contributed by atoms with Gasteiger partial charge in [0, 0.05) is 6.42 Å². The van der Waals surface area contributed by atoms with Crippen molar-refractivity contribution >= 4 is 29.6 Å². The Labute approximate surface area is 178 Å². The highest BCUT2D eigenvalue weighted by molar-refractivity contribution is 5.95. The molecule has 0 saturated heterocycles. The molecular formula is C19H27N5O7. The normalized spacial score (nSPS) is 14.4. The van der Waals surface area contributed by atoms with Crippen molar-refractivity contribution in [2.45, 2.75) is 44.0 Å². The zero-order valence-corrected chi connectivity index (χ0v) is 16.9. The molecule has 0 fully saturated rings. The summed E-state index contributed by atoms with van der Waals surface area (Å²) in [5.74, 6) is -4.65. The second-order valence-corrected chi connectivity index (χ2v) is 6.87. The molecule has 12 nitrogen and oxygen atoms in total. The number of benzene rings is 1. The monoisotopic (exact) mass is 437 g/mol. The Kier molecular flexibility index (Phi) is 10.1. The van der Waals surface area contributed by atoms with Gasteiger partial charge in [-0.05, 0) is 12.5 Å². The second-order valence-electron chi connectivity index (χ2n) is 6.87. The molecule has 1 aromatic carbocycles. The number of carboxylic acids is 1. The molecule has 0 radical (unpaired) electrons. The molecule has 0 saturated carbocycles. The highest BCUT2D eigenvalue weighted by Crippen LogP contribution is 2.05. The summed E-state index contributed by atoms with van der Waals surface area (Å²) in [5.41, 5.74) is 11.2. The zero-order valence-electron chi connectivity index (χ0n) is 16.9. The topological polar surface area (TPSA) is 214 Å². The predicted octanol–water partition coefficient (Wildman–Crippen LogP) is -3.02. The largest absolute Gasteiger partial charge is 0.480 e. The quantitative estimate of drug-likeness (QED) is 0.178. The van der Waals surface area contributed by atoms with Gasteiger partial charge in [-0.1, -0.05) is 30.3 Å². The van der Waals surface area contributed by atoms with Crippen molar-refractivity contribution in [1.82, 2.24) is 16.0 Å². The summed E-state index contributed by atoms with van der Waals surface area (Å²) in [7, 11) is 0. The number of amides is 4. The number of hydrogen-bond acceptors (Lipinski definition) is 7. The molecule has 1 rings (SSSR count). The standard InChI is InChI=1S/C19H27N5O7/c1-10(25)16(24-17(29)12(20)8-14(21)26)19(31)23-13(18(30)22-9-15(27)28)7-11-5-3-2-4-6-11/h2-6,10,12-13,16,25H,7-9,20H2,1H3,(H2,21,26)(H,22,30)(H,23,31)(H,24,29)(H,27,28). The van der Waals surface area contributed by atoms with Gasteiger partial charge in [-0.2, -0.15) is 0 Å². The molecule has 0 aliphatic heterocycles. The van der Waals surface area contributed by atoms with Gasteiger partial charge >= 0.3 is 5.97 Å². The fraction of sp³-hybridized carbons (Fsp3) is 0.421. The van der Waals surface area contributed by atoms with Crippen LogP contribution < -0.4 is 27.4 Å². The van der Waals surface area contributed by atoms with E-state index < -0.39 is 66.8 Å². The first kappa shape index (κ1) is 25.5. The highest BCUT2D eigenvalue weighted by atomic mass is 16.4. The average molecular weight is 437 g/mol. The fourth-order valence-corrected chi connectivity index (χ4v) is 2.58. The molecule has 4 unspecified atom stereocenters. The summed E-state index contributed by atoms with van der Waals surface area (Å²) in [6.45, 7) is 0.583. The maximum Gasteiger partial charge on any atom is 0.322 e. The van der Waals surface area contributed by atoms with E-state index in [1.165, 1.54) is 6.92 Å². The van der Waals surface area contributed by atoms with Crippen LogP contribution in [-0.2, 0) is 30.4 Å². The lowest BCUT2D eigenvalue weighted by molar-refractivity contribution is -0.138. The molecule has 0 heterocycles. The molecule has 31 heavy (non-hydrogen) atoms. The predicted molar refractivity (Wildman–Crippen MR) is 108 cm³/mol. The fourth-order valence-electron chi connectivity index (χ4n) is 2.58. The lowest BCUT2D eigenvalue weighted by Crippen LogP contribution is -2.59. The molecule has 1 aromatic rings. The van der Waals surface area contributed by atoms with Crippen molar-refractivity contribution in [3.05, 3.63) is 35.9 Å². The third-order valence-electron chi connectivity index (χ3n) is 4.15. The summed E-state index contributed by atoms with van der Waals surface area (Å²) in [4.78, 5) is 58.9. The highest BCUT2D eigenvalue weighted by Gasteiger charge is 2.31. The number of hydrogen-bond donors (Lipinski definition) is 7. The van der Waals surface area contributed by atoms with Crippen LogP contribution >= 0.6 is 0 Å². The Bertz CT molecular complexity index is 800. The summed E-state index contributed by atoms with van der Waals surface area (Å²) in [6, 6.07) is 4.62. The van der Waals surface area contributed by atoms with Gasteiger partial charge < -0.3 is 37.6 Å². The number of rotatable bonds is 12. The van der Waals surface area contributed by atoms with E-state index in [0.717, 1.165) is 0 Å². The zero-order chi connectivity index (χ0) is 23.6. The minimum Gasteiger partial charge on any atom is -0.480 e. The molecule has 0 bridgehead atoms. The van der Waals surface area contributed by atoms with Crippen molar-refractivity contribution in [3.8, 4) is 0 Å². The number of aliphatic hydroxyl groups excluding tert-OH is 1. The minimum absolute atomic E-state index is 0.0275. The Hall–Kier alpha value is -3.51. The van der Waals surface area contributed by atoms with Crippen LogP contribution in [0.25, 0.3) is 0 Å². The smallest absolute Gasteiger partial charge is 0.322 e. The molecular weight excluding hydrogens is 410 g/mol. The SMILES string of the molecule is CC(O)C(NC(=O)C(N)CC(N)=O)C(=O)NC(Cc1ccccc1)C(=O)NCC(=O)O. The average Bonchev–Trinajstić information content (AvgIpc) is 2.69. The van der Waals surface area contributed by atoms with Gasteiger partial charge in [-0.15, -0.1) is 0 Å². The summed E-state index contributed by atoms with van der Waals surface area (Å²) >= 11 is 0. The van der Waals surface area contributed by atoms with Gasteiger partial charge in [0.2, 0.25) is 23.6 Å². The number of carboxylic acid groups (broad SMARTS) is 1. The number of nitrogens with one attached hydrogen (secondary N) is 3. The van der Waals surface area contributed by atoms with Crippen LogP contribution in [0.3, 0.4) is 0 Å². The summed E-state index contributed by atoms with van der Waals surface area (Å²) in [6.07, 6.45) is -1.81. The van der Waals surface area contributed by atoms with Gasteiger partial charge in [0.05, 0.1) is 18.6 Å². The molecule has 4 atom stereocenters. The van der Waals surface area contributed by atoms with Crippen LogP contribution in [0.15, 0.2) is 30.3 Å². The molecule has 0 spiro atoms. The van der Waals surface area contributed by atoms with E-state index in [9.17, 15) is 29.1 Å². The van der Waals surface area contributed by atoms with Crippen molar-refractivity contribution in [2.75, 3.05) is 6.54 Å². The third kappa shape index (κ3) is 9.23. The third-order valence-corrected chi connectivity index (χ3v) is 4.15. The van der Waals surface area contributed by atoms with Gasteiger partial charge in [0.25, 0.3) is 0 Å². The maximum atomic E-state index is 12.7. The van der Waals surface area contributed by atoms with E-state index in [1.807, 2.05) is 0 Å². The minimum atomic E-state index is -1.49. The van der Waals surface area contributed by atoms with Gasteiger partial charge in [-0.3, -0.25) is 24.0 Å². The molecule has 9 N–H and O–H groups in total. The number of primary amides is 1. The van der Waals surface area contributed by atoms with E-state index in [0.29, 0.717) is 5.56 Å². The number of aliphatic carboxylic acids is 1. The van der Waals surface area contributed by atoms with Crippen molar-refractivity contribution in [3.63, 3.8) is 0 Å². The van der Waals surface area contributed by atoms with Crippen LogP contribution in [0.5, 0.6) is 0 Å². The van der Waals surface area contributed by atoms with E-state index in [2.05, 4.69) is 16.0 Å². The molecule has 4 amide bonds. The summed E-state index contributed by atoms with van der Waals surface area (Å²) in [5, 5.41) is 25.5. The summed E-state index contributed by atoms with van der Waals surface area (Å²) < 4.78 is 0. The number of carbonyl (C=O) groups is 5. The van der Waals surface area contributed by atoms with Crippen LogP contribution in [0, 0.1) is 0 Å². The second kappa shape index (κ2) is 12.2. The molecule has 0 aromatic heterocycles. The van der Waals surface area contributed by atoms with Gasteiger partial charge in [-0.25, -0.2) is 0 Å². The van der Waals surface area contributed by atoms with Gasteiger partial charge in [0.15, 0.2) is 0 Å². The molecule has 0 aliphatic carbocycles. The first-order valence-electron chi connectivity index (χ1n) is 9.37. The molecule has 0 aliphatic rings. The van der Waals surface area contributed by atoms with E-state index >= 15 is 0 Å². The van der Waals surface area contributed by atoms with Crippen molar-refractivity contribution in [2.24, 2.45) is 11.5 Å². The van der Waals surface area contributed by atoms with Crippen LogP contribution in [0.4, 0.5) is 0 Å².